The van der Waals surface area contributed by atoms with Crippen LogP contribution in [-0.2, 0) is 14.3 Å². The molecule has 0 spiro atoms. The molecule has 0 amide bonds. The lowest BCUT2D eigenvalue weighted by Crippen LogP contribution is -2.47. The summed E-state index contributed by atoms with van der Waals surface area (Å²) in [5.41, 5.74) is 2.41. The van der Waals surface area contributed by atoms with Crippen LogP contribution in [-0.4, -0.2) is 24.3 Å². The fourth-order valence-electron chi connectivity index (χ4n) is 5.18. The third kappa shape index (κ3) is 2.59. The molecule has 0 unspecified atom stereocenters. The molecule has 4 nitrogen and oxygen atoms in total. The van der Waals surface area contributed by atoms with Gasteiger partial charge in [-0.1, -0.05) is 17.7 Å². The number of hydrogen-bond acceptors (Lipinski definition) is 4. The van der Waals surface area contributed by atoms with Gasteiger partial charge in [-0.2, -0.15) is 0 Å². The van der Waals surface area contributed by atoms with E-state index < -0.39 is 0 Å². The normalized spacial score (nSPS) is 29.5. The fourth-order valence-corrected chi connectivity index (χ4v) is 5.44. The number of allylic oxidation sites excluding steroid dienone is 2. The molecule has 0 atom stereocenters. The molecule has 4 saturated carbocycles. The maximum atomic E-state index is 12.3. The summed E-state index contributed by atoms with van der Waals surface area (Å²) in [5, 5.41) is 10.6. The molecule has 1 aromatic rings. The van der Waals surface area contributed by atoms with Crippen LogP contribution in [0.1, 0.15) is 36.8 Å². The van der Waals surface area contributed by atoms with Gasteiger partial charge in [0.25, 0.3) is 0 Å². The lowest BCUT2D eigenvalue weighted by Gasteiger charge is -2.50. The number of rotatable bonds is 4. The van der Waals surface area contributed by atoms with Gasteiger partial charge in [0, 0.05) is 23.0 Å². The van der Waals surface area contributed by atoms with Gasteiger partial charge in [-0.15, -0.1) is 0 Å². The largest absolute Gasteiger partial charge is 0.506 e. The third-order valence-electron chi connectivity index (χ3n) is 6.17. The van der Waals surface area contributed by atoms with Crippen molar-refractivity contribution in [3.8, 4) is 5.75 Å². The Balaban J connectivity index is 1.78. The number of aldehydes is 1. The predicted octanol–water partition coefficient (Wildman–Crippen LogP) is 4.25. The van der Waals surface area contributed by atoms with Crippen molar-refractivity contribution in [2.24, 2.45) is 23.7 Å². The maximum Gasteiger partial charge on any atom is 0.142 e. The van der Waals surface area contributed by atoms with Crippen molar-refractivity contribution in [3.05, 3.63) is 39.9 Å². The Labute approximate surface area is 157 Å². The minimum atomic E-state index is -0.0589. The summed E-state index contributed by atoms with van der Waals surface area (Å²) in [6.45, 7) is 0. The zero-order chi connectivity index (χ0) is 18.4. The first-order valence-electron chi connectivity index (χ1n) is 9.00. The van der Waals surface area contributed by atoms with Crippen LogP contribution in [0, 0.1) is 23.7 Å². The van der Waals surface area contributed by atoms with Crippen molar-refractivity contribution < 1.29 is 19.4 Å². The molecule has 4 fully saturated rings. The first kappa shape index (κ1) is 17.3. The Hall–Kier alpha value is -2.07. The number of Topliss-reactive ketones (excluding diaryl/α,β-unsaturated/α-hetero) is 1. The number of halogens is 1. The van der Waals surface area contributed by atoms with Crippen molar-refractivity contribution in [1.82, 2.24) is 0 Å². The van der Waals surface area contributed by atoms with Gasteiger partial charge in [-0.25, -0.2) is 0 Å². The van der Waals surface area contributed by atoms with Crippen LogP contribution < -0.4 is 0 Å². The first-order chi connectivity index (χ1) is 12.5. The second-order valence-corrected chi connectivity index (χ2v) is 7.86. The van der Waals surface area contributed by atoms with Crippen molar-refractivity contribution in [2.45, 2.75) is 25.7 Å². The number of methoxy groups -OCH3 is 1. The van der Waals surface area contributed by atoms with Crippen LogP contribution in [0.4, 0.5) is 0 Å². The topological polar surface area (TPSA) is 63.6 Å². The summed E-state index contributed by atoms with van der Waals surface area (Å²) >= 11 is 6.45. The molecule has 4 aliphatic carbocycles. The molecule has 4 bridgehead atoms. The smallest absolute Gasteiger partial charge is 0.142 e. The van der Waals surface area contributed by atoms with E-state index in [1.807, 2.05) is 6.07 Å². The highest BCUT2D eigenvalue weighted by atomic mass is 35.5. The second-order valence-electron chi connectivity index (χ2n) is 7.48. The predicted molar refractivity (Wildman–Crippen MR) is 99.6 cm³/mol. The van der Waals surface area contributed by atoms with Crippen LogP contribution in [0.15, 0.2) is 23.8 Å². The minimum Gasteiger partial charge on any atom is -0.506 e. The molecular weight excluding hydrogens is 352 g/mol. The molecule has 1 aromatic carbocycles. The Bertz CT molecular complexity index is 803. The molecule has 5 rings (SSSR count). The average Bonchev–Trinajstić information content (AvgIpc) is 2.63. The Morgan fingerprint density at radius 2 is 1.77 bits per heavy atom. The number of carbonyl (C=O) groups is 2. The van der Waals surface area contributed by atoms with E-state index in [0.29, 0.717) is 35.0 Å². The van der Waals surface area contributed by atoms with Crippen LogP contribution in [0.2, 0.25) is 5.02 Å². The number of aromatic hydroxyl groups is 1. The SMILES string of the molecule is COC(=C1C2CC3CC1CC(C2)C3=O)c1ccc(/C=C/C=O)c(O)c1Cl. The highest BCUT2D eigenvalue weighted by Gasteiger charge is 2.51. The molecular formula is C21H21ClO4. The van der Waals surface area contributed by atoms with Crippen molar-refractivity contribution in [3.63, 3.8) is 0 Å². The third-order valence-corrected chi connectivity index (χ3v) is 6.56. The van der Waals surface area contributed by atoms with Gasteiger partial charge >= 0.3 is 0 Å². The summed E-state index contributed by atoms with van der Waals surface area (Å²) in [4.78, 5) is 22.8. The maximum absolute atomic E-state index is 12.3. The van der Waals surface area contributed by atoms with Gasteiger partial charge < -0.3 is 9.84 Å². The van der Waals surface area contributed by atoms with Crippen molar-refractivity contribution in [2.75, 3.05) is 7.11 Å². The van der Waals surface area contributed by atoms with Crippen molar-refractivity contribution in [1.29, 1.82) is 0 Å². The fraction of sp³-hybridized carbons (Fsp3) is 0.429. The van der Waals surface area contributed by atoms with E-state index in [2.05, 4.69) is 0 Å². The molecule has 136 valence electrons. The minimum absolute atomic E-state index is 0.0589. The van der Waals surface area contributed by atoms with Crippen LogP contribution in [0.3, 0.4) is 0 Å². The van der Waals surface area contributed by atoms with E-state index in [-0.39, 0.29) is 22.6 Å². The number of ether oxygens (including phenoxy) is 1. The summed E-state index contributed by atoms with van der Waals surface area (Å²) in [5.74, 6) is 2.26. The Morgan fingerprint density at radius 3 is 2.31 bits per heavy atom. The van der Waals surface area contributed by atoms with Gasteiger partial charge in [-0.05, 0) is 61.3 Å². The molecule has 0 aliphatic heterocycles. The molecule has 0 aromatic heterocycles. The van der Waals surface area contributed by atoms with Crippen LogP contribution >= 0.6 is 11.6 Å². The highest BCUT2D eigenvalue weighted by molar-refractivity contribution is 6.34. The zero-order valence-corrected chi connectivity index (χ0v) is 15.3. The lowest BCUT2D eigenvalue weighted by atomic mass is 9.53. The summed E-state index contributed by atoms with van der Waals surface area (Å²) in [6, 6.07) is 3.56. The molecule has 0 saturated heterocycles. The van der Waals surface area contributed by atoms with E-state index in [1.165, 1.54) is 17.7 Å². The number of carbonyl (C=O) groups excluding carboxylic acids is 2. The van der Waals surface area contributed by atoms with E-state index in [4.69, 9.17) is 16.3 Å². The number of phenols is 1. The molecule has 5 heteroatoms. The molecule has 4 aliphatic rings. The number of hydrogen-bond donors (Lipinski definition) is 1. The van der Waals surface area contributed by atoms with E-state index in [9.17, 15) is 14.7 Å². The standard InChI is InChI=1S/C21H21ClO4/c1-26-21(16-5-4-11(3-2-6-23)20(25)18(16)22)17-12-7-14-9-13(17)10-15(8-12)19(14)24/h2-6,12-15,25H,7-10H2,1H3/b3-2+,21-17?. The van der Waals surface area contributed by atoms with Crippen LogP contribution in [0.5, 0.6) is 5.75 Å². The number of benzene rings is 1. The van der Waals surface area contributed by atoms with Gasteiger partial charge in [0.1, 0.15) is 23.6 Å². The van der Waals surface area contributed by atoms with E-state index >= 15 is 0 Å². The summed E-state index contributed by atoms with van der Waals surface area (Å²) < 4.78 is 5.77. The second kappa shape index (κ2) is 6.58. The zero-order valence-electron chi connectivity index (χ0n) is 14.6. The highest BCUT2D eigenvalue weighted by Crippen LogP contribution is 2.57. The molecule has 1 N–H and O–H groups in total. The Kier molecular flexibility index (Phi) is 4.39. The van der Waals surface area contributed by atoms with Gasteiger partial charge in [0.2, 0.25) is 0 Å². The van der Waals surface area contributed by atoms with Gasteiger partial charge in [-0.3, -0.25) is 9.59 Å². The summed E-state index contributed by atoms with van der Waals surface area (Å²) in [7, 11) is 1.63. The summed E-state index contributed by atoms with van der Waals surface area (Å²) in [6.07, 6.45) is 7.09. The van der Waals surface area contributed by atoms with Gasteiger partial charge in [0.05, 0.1) is 12.1 Å². The number of phenolic OH excluding ortho intramolecular Hbond substituents is 1. The lowest BCUT2D eigenvalue weighted by molar-refractivity contribution is -0.136. The Morgan fingerprint density at radius 1 is 1.15 bits per heavy atom. The monoisotopic (exact) mass is 372 g/mol. The molecule has 26 heavy (non-hydrogen) atoms. The average molecular weight is 373 g/mol. The van der Waals surface area contributed by atoms with Crippen molar-refractivity contribution >= 4 is 35.5 Å². The van der Waals surface area contributed by atoms with Gasteiger partial charge in [0.15, 0.2) is 0 Å². The van der Waals surface area contributed by atoms with E-state index in [0.717, 1.165) is 31.4 Å². The molecule has 0 radical (unpaired) electrons. The molecule has 0 heterocycles. The first-order valence-corrected chi connectivity index (χ1v) is 9.38. The number of ketones is 1. The van der Waals surface area contributed by atoms with E-state index in [1.54, 1.807) is 13.2 Å². The van der Waals surface area contributed by atoms with Crippen LogP contribution in [0.25, 0.3) is 11.8 Å². The quantitative estimate of drug-likeness (QED) is 0.487.